The van der Waals surface area contributed by atoms with E-state index >= 15 is 0 Å². The van der Waals surface area contributed by atoms with Crippen molar-refractivity contribution in [2.24, 2.45) is 0 Å². The number of carbonyl (C=O) groups excluding carboxylic acids is 1. The van der Waals surface area contributed by atoms with Crippen molar-refractivity contribution in [3.63, 3.8) is 0 Å². The zero-order valence-corrected chi connectivity index (χ0v) is 11.4. The molecule has 0 heterocycles. The highest BCUT2D eigenvalue weighted by atomic mass is 16.3. The van der Waals surface area contributed by atoms with Crippen molar-refractivity contribution in [2.45, 2.75) is 44.4 Å². The van der Waals surface area contributed by atoms with Gasteiger partial charge in [0.05, 0.1) is 6.10 Å². The Labute approximate surface area is 114 Å². The van der Waals surface area contributed by atoms with Crippen LogP contribution >= 0.6 is 0 Å². The van der Waals surface area contributed by atoms with Gasteiger partial charge in [-0.1, -0.05) is 12.1 Å². The molecule has 4 heteroatoms. The lowest BCUT2D eigenvalue weighted by atomic mass is 9.93. The van der Waals surface area contributed by atoms with Crippen LogP contribution in [0.4, 0.5) is 0 Å². The maximum Gasteiger partial charge on any atom is 0.251 e. The van der Waals surface area contributed by atoms with Gasteiger partial charge in [0.1, 0.15) is 0 Å². The highest BCUT2D eigenvalue weighted by Crippen LogP contribution is 2.18. The van der Waals surface area contributed by atoms with Crippen LogP contribution in [0, 0.1) is 0 Å². The first kappa shape index (κ1) is 14.0. The average molecular weight is 262 g/mol. The normalized spacial score (nSPS) is 23.1. The lowest BCUT2D eigenvalue weighted by Gasteiger charge is -2.26. The van der Waals surface area contributed by atoms with E-state index in [0.29, 0.717) is 11.6 Å². The van der Waals surface area contributed by atoms with E-state index < -0.39 is 0 Å². The molecular weight excluding hydrogens is 240 g/mol. The molecule has 1 saturated carbocycles. The number of aliphatic hydroxyl groups is 1. The maximum atomic E-state index is 11.4. The Hall–Kier alpha value is -1.39. The Morgan fingerprint density at radius 2 is 1.84 bits per heavy atom. The maximum absolute atomic E-state index is 11.4. The first-order chi connectivity index (χ1) is 9.19. The fourth-order valence-corrected chi connectivity index (χ4v) is 2.46. The first-order valence-electron chi connectivity index (χ1n) is 6.91. The Balaban J connectivity index is 1.81. The number of nitrogens with one attached hydrogen (secondary N) is 2. The number of aliphatic hydroxyl groups excluding tert-OH is 1. The number of carbonyl (C=O) groups is 1. The molecule has 0 bridgehead atoms. The van der Waals surface area contributed by atoms with E-state index in [1.165, 1.54) is 5.56 Å². The molecule has 1 aromatic rings. The fraction of sp³-hybridized carbons (Fsp3) is 0.533. The van der Waals surface area contributed by atoms with Crippen LogP contribution in [0.3, 0.4) is 0 Å². The third-order valence-electron chi connectivity index (χ3n) is 3.73. The molecular formula is C15H22N2O2. The summed E-state index contributed by atoms with van der Waals surface area (Å²) in [4.78, 5) is 11.4. The molecule has 1 aliphatic rings. The van der Waals surface area contributed by atoms with Crippen molar-refractivity contribution >= 4 is 5.91 Å². The van der Waals surface area contributed by atoms with Gasteiger partial charge in [0.15, 0.2) is 0 Å². The second-order valence-corrected chi connectivity index (χ2v) is 5.16. The van der Waals surface area contributed by atoms with Crippen molar-refractivity contribution in [2.75, 3.05) is 7.05 Å². The number of rotatable bonds is 4. The highest BCUT2D eigenvalue weighted by Gasteiger charge is 2.18. The standard InChI is InChI=1S/C15H22N2O2/c1-16-15(19)12-4-2-11(3-5-12)10-17-13-6-8-14(18)9-7-13/h2-5,13-14,17-18H,6-10H2,1H3,(H,16,19). The molecule has 0 atom stereocenters. The molecule has 0 aromatic heterocycles. The minimum atomic E-state index is -0.107. The molecule has 1 fully saturated rings. The molecule has 1 aliphatic carbocycles. The van der Waals surface area contributed by atoms with Crippen LogP contribution in [0.1, 0.15) is 41.6 Å². The molecule has 3 N–H and O–H groups in total. The van der Waals surface area contributed by atoms with Crippen LogP contribution in [-0.2, 0) is 6.54 Å². The van der Waals surface area contributed by atoms with E-state index in [1.54, 1.807) is 7.05 Å². The van der Waals surface area contributed by atoms with Crippen molar-refractivity contribution < 1.29 is 9.90 Å². The zero-order chi connectivity index (χ0) is 13.7. The fourth-order valence-electron chi connectivity index (χ4n) is 2.46. The molecule has 0 spiro atoms. The van der Waals surface area contributed by atoms with Gasteiger partial charge in [0.2, 0.25) is 0 Å². The summed E-state index contributed by atoms with van der Waals surface area (Å²) < 4.78 is 0. The van der Waals surface area contributed by atoms with Crippen LogP contribution in [0.2, 0.25) is 0 Å². The number of hydrogen-bond acceptors (Lipinski definition) is 3. The van der Waals surface area contributed by atoms with Crippen LogP contribution < -0.4 is 10.6 Å². The second kappa shape index (κ2) is 6.68. The predicted octanol–water partition coefficient (Wildman–Crippen LogP) is 1.44. The van der Waals surface area contributed by atoms with E-state index in [4.69, 9.17) is 0 Å². The lowest BCUT2D eigenvalue weighted by molar-refractivity contribution is 0.0963. The smallest absolute Gasteiger partial charge is 0.251 e. The first-order valence-corrected chi connectivity index (χ1v) is 6.91. The molecule has 104 valence electrons. The zero-order valence-electron chi connectivity index (χ0n) is 11.4. The second-order valence-electron chi connectivity index (χ2n) is 5.16. The van der Waals surface area contributed by atoms with Crippen LogP contribution in [0.25, 0.3) is 0 Å². The van der Waals surface area contributed by atoms with Crippen LogP contribution in [0.15, 0.2) is 24.3 Å². The third-order valence-corrected chi connectivity index (χ3v) is 3.73. The van der Waals surface area contributed by atoms with Crippen molar-refractivity contribution in [3.8, 4) is 0 Å². The number of amides is 1. The van der Waals surface area contributed by atoms with E-state index in [1.807, 2.05) is 24.3 Å². The van der Waals surface area contributed by atoms with Gasteiger partial charge < -0.3 is 15.7 Å². The lowest BCUT2D eigenvalue weighted by Crippen LogP contribution is -2.34. The summed E-state index contributed by atoms with van der Waals surface area (Å²) in [6.07, 6.45) is 3.76. The van der Waals surface area contributed by atoms with E-state index in [2.05, 4.69) is 10.6 Å². The molecule has 0 aliphatic heterocycles. The summed E-state index contributed by atoms with van der Waals surface area (Å²) >= 11 is 0. The Morgan fingerprint density at radius 3 is 2.42 bits per heavy atom. The molecule has 0 radical (unpaired) electrons. The van der Waals surface area contributed by atoms with Crippen molar-refractivity contribution in [3.05, 3.63) is 35.4 Å². The third kappa shape index (κ3) is 4.04. The number of hydrogen-bond donors (Lipinski definition) is 3. The van der Waals surface area contributed by atoms with Crippen molar-refractivity contribution in [1.82, 2.24) is 10.6 Å². The molecule has 19 heavy (non-hydrogen) atoms. The minimum absolute atomic E-state index is 0.0548. The monoisotopic (exact) mass is 262 g/mol. The molecule has 0 saturated heterocycles. The summed E-state index contributed by atoms with van der Waals surface area (Å²) in [6, 6.07) is 8.16. The topological polar surface area (TPSA) is 61.4 Å². The van der Waals surface area contributed by atoms with E-state index in [9.17, 15) is 9.90 Å². The largest absolute Gasteiger partial charge is 0.393 e. The van der Waals surface area contributed by atoms with Gasteiger partial charge in [-0.15, -0.1) is 0 Å². The summed E-state index contributed by atoms with van der Waals surface area (Å²) in [6.45, 7) is 0.814. The summed E-state index contributed by atoms with van der Waals surface area (Å²) in [7, 11) is 1.63. The highest BCUT2D eigenvalue weighted by molar-refractivity contribution is 5.93. The van der Waals surface area contributed by atoms with Gasteiger partial charge in [0, 0.05) is 25.2 Å². The SMILES string of the molecule is CNC(=O)c1ccc(CNC2CCC(O)CC2)cc1. The van der Waals surface area contributed by atoms with E-state index in [-0.39, 0.29) is 12.0 Å². The summed E-state index contributed by atoms with van der Waals surface area (Å²) in [5.41, 5.74) is 1.87. The van der Waals surface area contributed by atoms with Gasteiger partial charge in [0.25, 0.3) is 5.91 Å². The molecule has 2 rings (SSSR count). The minimum Gasteiger partial charge on any atom is -0.393 e. The average Bonchev–Trinajstić information content (AvgIpc) is 2.46. The Kier molecular flexibility index (Phi) is 4.93. The molecule has 4 nitrogen and oxygen atoms in total. The number of benzene rings is 1. The van der Waals surface area contributed by atoms with Gasteiger partial charge >= 0.3 is 0 Å². The Bertz CT molecular complexity index is 409. The van der Waals surface area contributed by atoms with Gasteiger partial charge in [-0.25, -0.2) is 0 Å². The summed E-state index contributed by atoms with van der Waals surface area (Å²) in [5, 5.41) is 15.6. The van der Waals surface area contributed by atoms with Crippen molar-refractivity contribution in [1.29, 1.82) is 0 Å². The van der Waals surface area contributed by atoms with Crippen LogP contribution in [0.5, 0.6) is 0 Å². The molecule has 0 unspecified atom stereocenters. The molecule has 1 amide bonds. The van der Waals surface area contributed by atoms with E-state index in [0.717, 1.165) is 32.2 Å². The predicted molar refractivity (Wildman–Crippen MR) is 74.9 cm³/mol. The van der Waals surface area contributed by atoms with Gasteiger partial charge in [-0.2, -0.15) is 0 Å². The quantitative estimate of drug-likeness (QED) is 0.769. The van der Waals surface area contributed by atoms with Crippen LogP contribution in [-0.4, -0.2) is 30.2 Å². The van der Waals surface area contributed by atoms with Gasteiger partial charge in [-0.3, -0.25) is 4.79 Å². The Morgan fingerprint density at radius 1 is 1.21 bits per heavy atom. The van der Waals surface area contributed by atoms with Gasteiger partial charge in [-0.05, 0) is 43.4 Å². The summed E-state index contributed by atoms with van der Waals surface area (Å²) in [5.74, 6) is -0.0548. The molecule has 1 aromatic carbocycles.